The molecule has 0 aromatic heterocycles. The molecule has 242 valence electrons. The van der Waals surface area contributed by atoms with Crippen molar-refractivity contribution in [3.05, 3.63) is 24.0 Å². The number of esters is 1. The Morgan fingerprint density at radius 3 is 2.21 bits per heavy atom. The third-order valence-corrected chi connectivity index (χ3v) is 17.5. The lowest BCUT2D eigenvalue weighted by Gasteiger charge is -2.56. The SMILES string of the molecule is CCCCCC[C@@H]1C=C(O[Si](C(C)C)(C(C)C)C(C)C)[C@H]2CCCC[C@@]2(/C=C/C(=O)OC)N1C(=O)OCC[Si](C)(C)C. The maximum Gasteiger partial charge on any atom is 0.410 e. The minimum absolute atomic E-state index is 0.0216. The van der Waals surface area contributed by atoms with Gasteiger partial charge in [-0.05, 0) is 48.0 Å². The van der Waals surface area contributed by atoms with E-state index in [0.29, 0.717) is 23.2 Å². The lowest BCUT2D eigenvalue weighted by atomic mass is 9.67. The van der Waals surface area contributed by atoms with Crippen LogP contribution in [0, 0.1) is 5.92 Å². The Balaban J connectivity index is 2.73. The van der Waals surface area contributed by atoms with E-state index >= 15 is 0 Å². The van der Waals surface area contributed by atoms with Crippen LogP contribution in [0.3, 0.4) is 0 Å². The van der Waals surface area contributed by atoms with Crippen LogP contribution < -0.4 is 0 Å². The molecule has 0 saturated heterocycles. The van der Waals surface area contributed by atoms with Crippen molar-refractivity contribution in [2.45, 2.75) is 160 Å². The standard InChI is InChI=1S/C34H63NO5Si2/c1-12-13-14-15-18-29-25-31(40-42(26(2)3,27(4)5)28(6)7)30-19-16-17-21-34(30,22-20-32(36)38-8)35(29)33(37)39-23-24-41(9,10)11/h20,22,25-30H,12-19,21,23-24H2,1-11H3/b22-20+/t29-,30-,34+/m1/s1. The number of rotatable bonds is 15. The van der Waals surface area contributed by atoms with Gasteiger partial charge in [0.2, 0.25) is 0 Å². The molecule has 0 aromatic rings. The highest BCUT2D eigenvalue weighted by Crippen LogP contribution is 2.52. The van der Waals surface area contributed by atoms with Crippen molar-refractivity contribution in [3.8, 4) is 0 Å². The molecule has 2 rings (SSSR count). The average Bonchev–Trinajstić information content (AvgIpc) is 2.91. The van der Waals surface area contributed by atoms with E-state index in [0.717, 1.165) is 63.2 Å². The fourth-order valence-corrected chi connectivity index (χ4v) is 13.6. The Kier molecular flexibility index (Phi) is 13.9. The second-order valence-electron chi connectivity index (χ2n) is 14.8. The lowest BCUT2D eigenvalue weighted by Crippen LogP contribution is -2.64. The first-order valence-electron chi connectivity index (χ1n) is 16.8. The van der Waals surface area contributed by atoms with Gasteiger partial charge in [0.15, 0.2) is 0 Å². The number of nitrogens with zero attached hydrogens (tertiary/aromatic N) is 1. The fraction of sp³-hybridized carbons (Fsp3) is 0.824. The van der Waals surface area contributed by atoms with Crippen LogP contribution in [-0.2, 0) is 18.7 Å². The van der Waals surface area contributed by atoms with Crippen LogP contribution in [0.1, 0.15) is 106 Å². The number of methoxy groups -OCH3 is 1. The van der Waals surface area contributed by atoms with Crippen molar-refractivity contribution in [2.75, 3.05) is 13.7 Å². The molecule has 0 bridgehead atoms. The van der Waals surface area contributed by atoms with Gasteiger partial charge >= 0.3 is 12.1 Å². The van der Waals surface area contributed by atoms with Crippen molar-refractivity contribution >= 4 is 28.5 Å². The molecule has 1 amide bonds. The summed E-state index contributed by atoms with van der Waals surface area (Å²) in [7, 11) is -2.22. The molecule has 0 radical (unpaired) electrons. The number of carbonyl (C=O) groups is 2. The molecule has 1 aliphatic heterocycles. The van der Waals surface area contributed by atoms with Crippen LogP contribution in [0.15, 0.2) is 24.0 Å². The summed E-state index contributed by atoms with van der Waals surface area (Å²) < 4.78 is 18.6. The number of amides is 1. The molecule has 2 aliphatic rings. The Morgan fingerprint density at radius 2 is 1.67 bits per heavy atom. The minimum atomic E-state index is -2.25. The number of carbonyl (C=O) groups excluding carboxylic acids is 2. The van der Waals surface area contributed by atoms with Gasteiger partial charge in [-0.1, -0.05) is 113 Å². The van der Waals surface area contributed by atoms with Gasteiger partial charge < -0.3 is 13.9 Å². The van der Waals surface area contributed by atoms with E-state index in [2.05, 4.69) is 74.2 Å². The first kappa shape index (κ1) is 36.6. The summed E-state index contributed by atoms with van der Waals surface area (Å²) in [5, 5.41) is 0. The molecule has 0 unspecified atom stereocenters. The second-order valence-corrected chi connectivity index (χ2v) is 25.8. The zero-order chi connectivity index (χ0) is 31.7. The van der Waals surface area contributed by atoms with Crippen LogP contribution in [0.2, 0.25) is 42.3 Å². The van der Waals surface area contributed by atoms with Crippen molar-refractivity contribution in [1.82, 2.24) is 4.90 Å². The molecule has 1 heterocycles. The van der Waals surface area contributed by atoms with Crippen LogP contribution in [-0.4, -0.2) is 58.7 Å². The number of unbranched alkanes of at least 4 members (excludes halogenated alkanes) is 3. The maximum absolute atomic E-state index is 14.2. The Morgan fingerprint density at radius 1 is 1.02 bits per heavy atom. The topological polar surface area (TPSA) is 65.1 Å². The van der Waals surface area contributed by atoms with E-state index in [1.807, 2.05) is 11.0 Å². The van der Waals surface area contributed by atoms with E-state index in [1.165, 1.54) is 19.6 Å². The predicted octanol–water partition coefficient (Wildman–Crippen LogP) is 9.85. The maximum atomic E-state index is 14.2. The molecule has 0 spiro atoms. The molecule has 1 fully saturated rings. The molecule has 0 N–H and O–H groups in total. The van der Waals surface area contributed by atoms with Crippen LogP contribution in [0.25, 0.3) is 0 Å². The number of hydrogen-bond donors (Lipinski definition) is 0. The van der Waals surface area contributed by atoms with Gasteiger partial charge in [0.05, 0.1) is 31.1 Å². The zero-order valence-electron chi connectivity index (χ0n) is 28.9. The van der Waals surface area contributed by atoms with Crippen LogP contribution in [0.4, 0.5) is 4.79 Å². The monoisotopic (exact) mass is 621 g/mol. The average molecular weight is 622 g/mol. The second kappa shape index (κ2) is 16.0. The molecule has 3 atom stereocenters. The van der Waals surface area contributed by atoms with Crippen molar-refractivity contribution < 1.29 is 23.5 Å². The predicted molar refractivity (Wildman–Crippen MR) is 180 cm³/mol. The van der Waals surface area contributed by atoms with Crippen molar-refractivity contribution in [2.24, 2.45) is 5.92 Å². The largest absolute Gasteiger partial charge is 0.546 e. The van der Waals surface area contributed by atoms with E-state index in [-0.39, 0.29) is 18.1 Å². The van der Waals surface area contributed by atoms with Crippen molar-refractivity contribution in [3.63, 3.8) is 0 Å². The van der Waals surface area contributed by atoms with Gasteiger partial charge in [-0.3, -0.25) is 4.90 Å². The first-order chi connectivity index (χ1) is 19.7. The summed E-state index contributed by atoms with van der Waals surface area (Å²) >= 11 is 0. The summed E-state index contributed by atoms with van der Waals surface area (Å²) in [6.45, 7) is 23.5. The molecular formula is C34H63NO5Si2. The normalized spacial score (nSPS) is 23.4. The third-order valence-electron chi connectivity index (χ3n) is 9.74. The van der Waals surface area contributed by atoms with E-state index < -0.39 is 27.9 Å². The van der Waals surface area contributed by atoms with Gasteiger partial charge in [0, 0.05) is 20.1 Å². The molecule has 0 aromatic carbocycles. The van der Waals surface area contributed by atoms with Gasteiger partial charge in [-0.15, -0.1) is 0 Å². The highest BCUT2D eigenvalue weighted by atomic mass is 28.4. The van der Waals surface area contributed by atoms with Gasteiger partial charge in [0.25, 0.3) is 8.32 Å². The Bertz CT molecular complexity index is 917. The van der Waals surface area contributed by atoms with Crippen LogP contribution >= 0.6 is 0 Å². The van der Waals surface area contributed by atoms with Crippen LogP contribution in [0.5, 0.6) is 0 Å². The molecule has 1 aliphatic carbocycles. The smallest absolute Gasteiger partial charge is 0.410 e. The first-order valence-corrected chi connectivity index (χ1v) is 22.6. The number of fused-ring (bicyclic) bond motifs is 1. The Hall–Kier alpha value is -1.55. The lowest BCUT2D eigenvalue weighted by molar-refractivity contribution is -0.135. The third kappa shape index (κ3) is 8.76. The van der Waals surface area contributed by atoms with Crippen molar-refractivity contribution in [1.29, 1.82) is 0 Å². The minimum Gasteiger partial charge on any atom is -0.546 e. The summed E-state index contributed by atoms with van der Waals surface area (Å²) in [6.07, 6.45) is 14.7. The highest BCUT2D eigenvalue weighted by Gasteiger charge is 2.56. The quantitative estimate of drug-likeness (QED) is 0.0788. The van der Waals surface area contributed by atoms with E-state index in [9.17, 15) is 9.59 Å². The van der Waals surface area contributed by atoms with Gasteiger partial charge in [0.1, 0.15) is 0 Å². The highest BCUT2D eigenvalue weighted by molar-refractivity contribution is 6.78. The number of hydrogen-bond acceptors (Lipinski definition) is 5. The van der Waals surface area contributed by atoms with Gasteiger partial charge in [-0.2, -0.15) is 0 Å². The summed E-state index contributed by atoms with van der Waals surface area (Å²) in [4.78, 5) is 28.7. The molecule has 1 saturated carbocycles. The number of ether oxygens (including phenoxy) is 2. The summed E-state index contributed by atoms with van der Waals surface area (Å²) in [5.41, 5.74) is 0.631. The Labute approximate surface area is 260 Å². The van der Waals surface area contributed by atoms with E-state index in [1.54, 1.807) is 0 Å². The van der Waals surface area contributed by atoms with E-state index in [4.69, 9.17) is 13.9 Å². The molecule has 8 heteroatoms. The fourth-order valence-electron chi connectivity index (χ4n) is 7.58. The summed E-state index contributed by atoms with van der Waals surface area (Å²) in [5.74, 6) is 0.637. The van der Waals surface area contributed by atoms with Gasteiger partial charge in [-0.25, -0.2) is 9.59 Å². The molecule has 6 nitrogen and oxygen atoms in total. The zero-order valence-corrected chi connectivity index (χ0v) is 30.9. The molecular weight excluding hydrogens is 559 g/mol. The molecule has 42 heavy (non-hydrogen) atoms. The summed E-state index contributed by atoms with van der Waals surface area (Å²) in [6, 6.07) is 0.781.